The second-order valence-electron chi connectivity index (χ2n) is 3.27. The van der Waals surface area contributed by atoms with E-state index in [9.17, 15) is 10.2 Å². The zero-order valence-electron chi connectivity index (χ0n) is 7.49. The van der Waals surface area contributed by atoms with Crippen LogP contribution in [-0.2, 0) is 6.42 Å². The van der Waals surface area contributed by atoms with E-state index >= 15 is 0 Å². The third-order valence-corrected chi connectivity index (χ3v) is 1.74. The van der Waals surface area contributed by atoms with Crippen molar-refractivity contribution in [1.29, 1.82) is 0 Å². The highest BCUT2D eigenvalue weighted by molar-refractivity contribution is 5.48. The van der Waals surface area contributed by atoms with Crippen LogP contribution in [0.15, 0.2) is 12.1 Å². The summed E-state index contributed by atoms with van der Waals surface area (Å²) in [6, 6.07) is 2.41. The lowest BCUT2D eigenvalue weighted by molar-refractivity contribution is 0.415. The van der Waals surface area contributed by atoms with Gasteiger partial charge in [-0.2, -0.15) is 0 Å². The lowest BCUT2D eigenvalue weighted by atomic mass is 10.0. The van der Waals surface area contributed by atoms with E-state index < -0.39 is 0 Å². The third-order valence-electron chi connectivity index (χ3n) is 1.74. The van der Waals surface area contributed by atoms with Crippen LogP contribution in [0.3, 0.4) is 0 Å². The van der Waals surface area contributed by atoms with Gasteiger partial charge >= 0.3 is 0 Å². The molecule has 3 nitrogen and oxygen atoms in total. The standard InChI is InChI=1S/C10H13O3/c1-6(2)3-8-9(12)4-7(11)5-10(8)13/h4-6,11-13H,1,3H2,2H3. The van der Waals surface area contributed by atoms with Gasteiger partial charge in [-0.15, -0.1) is 0 Å². The van der Waals surface area contributed by atoms with E-state index in [0.717, 1.165) is 0 Å². The Morgan fingerprint density at radius 2 is 1.69 bits per heavy atom. The molecule has 0 aliphatic rings. The van der Waals surface area contributed by atoms with Crippen LogP contribution in [0.2, 0.25) is 0 Å². The molecule has 0 saturated carbocycles. The van der Waals surface area contributed by atoms with Crippen molar-refractivity contribution in [2.45, 2.75) is 13.3 Å². The molecule has 0 aliphatic heterocycles. The van der Waals surface area contributed by atoms with Crippen LogP contribution in [0.5, 0.6) is 17.2 Å². The van der Waals surface area contributed by atoms with E-state index in [1.807, 2.05) is 6.92 Å². The third kappa shape index (κ3) is 2.28. The maximum absolute atomic E-state index is 9.37. The largest absolute Gasteiger partial charge is 0.508 e. The molecule has 3 heteroatoms. The topological polar surface area (TPSA) is 60.7 Å². The maximum Gasteiger partial charge on any atom is 0.126 e. The lowest BCUT2D eigenvalue weighted by Gasteiger charge is -2.09. The number of phenols is 3. The summed E-state index contributed by atoms with van der Waals surface area (Å²) in [5.41, 5.74) is 0.431. The van der Waals surface area contributed by atoms with Crippen LogP contribution in [0.1, 0.15) is 12.5 Å². The smallest absolute Gasteiger partial charge is 0.126 e. The number of hydrogen-bond donors (Lipinski definition) is 3. The van der Waals surface area contributed by atoms with Gasteiger partial charge in [0.15, 0.2) is 0 Å². The summed E-state index contributed by atoms with van der Waals surface area (Å²) < 4.78 is 0. The first kappa shape index (κ1) is 9.71. The summed E-state index contributed by atoms with van der Waals surface area (Å²) in [7, 11) is 0. The minimum atomic E-state index is -0.143. The summed E-state index contributed by atoms with van der Waals surface area (Å²) in [5, 5.41) is 27.8. The molecule has 1 rings (SSSR count). The fourth-order valence-electron chi connectivity index (χ4n) is 1.18. The van der Waals surface area contributed by atoms with Gasteiger partial charge in [0.1, 0.15) is 17.2 Å². The van der Waals surface area contributed by atoms with Gasteiger partial charge in [0.25, 0.3) is 0 Å². The highest BCUT2D eigenvalue weighted by Gasteiger charge is 2.10. The lowest BCUT2D eigenvalue weighted by Crippen LogP contribution is -1.95. The van der Waals surface area contributed by atoms with Gasteiger partial charge in [-0.1, -0.05) is 13.8 Å². The molecule has 0 fully saturated rings. The second kappa shape index (κ2) is 3.56. The fourth-order valence-corrected chi connectivity index (χ4v) is 1.18. The molecule has 1 radical (unpaired) electrons. The molecule has 0 bridgehead atoms. The van der Waals surface area contributed by atoms with Crippen LogP contribution >= 0.6 is 0 Å². The maximum atomic E-state index is 9.37. The van der Waals surface area contributed by atoms with Crippen molar-refractivity contribution >= 4 is 0 Å². The van der Waals surface area contributed by atoms with E-state index in [0.29, 0.717) is 12.0 Å². The van der Waals surface area contributed by atoms with Crippen LogP contribution in [0.4, 0.5) is 0 Å². The molecule has 1 atom stereocenters. The van der Waals surface area contributed by atoms with Gasteiger partial charge < -0.3 is 15.3 Å². The van der Waals surface area contributed by atoms with Gasteiger partial charge in [-0.25, -0.2) is 0 Å². The summed E-state index contributed by atoms with van der Waals surface area (Å²) >= 11 is 0. The molecule has 1 aromatic carbocycles. The number of rotatable bonds is 2. The minimum Gasteiger partial charge on any atom is -0.508 e. The quantitative estimate of drug-likeness (QED) is 0.652. The van der Waals surface area contributed by atoms with Gasteiger partial charge in [0.05, 0.1) is 0 Å². The monoisotopic (exact) mass is 181 g/mol. The van der Waals surface area contributed by atoms with Crippen molar-refractivity contribution in [3.8, 4) is 17.2 Å². The van der Waals surface area contributed by atoms with Gasteiger partial charge in [-0.05, 0) is 12.3 Å². The van der Waals surface area contributed by atoms with Crippen molar-refractivity contribution in [2.24, 2.45) is 5.92 Å². The average Bonchev–Trinajstić information content (AvgIpc) is 1.96. The van der Waals surface area contributed by atoms with E-state index in [-0.39, 0.29) is 23.2 Å². The van der Waals surface area contributed by atoms with E-state index in [1.54, 1.807) is 0 Å². The summed E-state index contributed by atoms with van der Waals surface area (Å²) in [6.07, 6.45) is 0.484. The van der Waals surface area contributed by atoms with Crippen LogP contribution in [0, 0.1) is 12.8 Å². The van der Waals surface area contributed by atoms with Gasteiger partial charge in [-0.3, -0.25) is 0 Å². The number of phenolic OH excluding ortho intramolecular Hbond substituents is 3. The summed E-state index contributed by atoms with van der Waals surface area (Å²) in [4.78, 5) is 0. The number of aromatic hydroxyl groups is 3. The molecule has 0 aromatic heterocycles. The summed E-state index contributed by atoms with van der Waals surface area (Å²) in [5.74, 6) is -0.224. The number of benzene rings is 1. The Hall–Kier alpha value is -1.38. The molecule has 1 unspecified atom stereocenters. The number of hydrogen-bond acceptors (Lipinski definition) is 3. The first-order chi connectivity index (χ1) is 6.00. The molecular weight excluding hydrogens is 168 g/mol. The normalized spacial score (nSPS) is 10.7. The molecule has 1 aromatic rings. The molecule has 13 heavy (non-hydrogen) atoms. The first-order valence-electron chi connectivity index (χ1n) is 4.07. The molecular formula is C10H13O3. The van der Waals surface area contributed by atoms with Crippen LogP contribution in [-0.4, -0.2) is 15.3 Å². The fraction of sp³-hybridized carbons (Fsp3) is 0.300. The summed E-state index contributed by atoms with van der Waals surface area (Å²) in [6.45, 7) is 5.63. The highest BCUT2D eigenvalue weighted by atomic mass is 16.3. The molecule has 3 N–H and O–H groups in total. The van der Waals surface area contributed by atoms with Crippen molar-refractivity contribution in [1.82, 2.24) is 0 Å². The molecule has 0 saturated heterocycles. The Morgan fingerprint density at radius 3 is 2.08 bits per heavy atom. The Kier molecular flexibility index (Phi) is 2.66. The van der Waals surface area contributed by atoms with Crippen molar-refractivity contribution < 1.29 is 15.3 Å². The van der Waals surface area contributed by atoms with E-state index in [2.05, 4.69) is 6.92 Å². The minimum absolute atomic E-state index is 0.0898. The second-order valence-corrected chi connectivity index (χ2v) is 3.27. The molecule has 71 valence electrons. The molecule has 0 amide bonds. The highest BCUT2D eigenvalue weighted by Crippen LogP contribution is 2.33. The Balaban J connectivity index is 3.06. The zero-order valence-corrected chi connectivity index (χ0v) is 7.49. The predicted molar refractivity (Wildman–Crippen MR) is 49.7 cm³/mol. The van der Waals surface area contributed by atoms with Crippen LogP contribution in [0.25, 0.3) is 0 Å². The Labute approximate surface area is 77.3 Å². The van der Waals surface area contributed by atoms with Crippen molar-refractivity contribution in [3.05, 3.63) is 24.6 Å². The van der Waals surface area contributed by atoms with Crippen molar-refractivity contribution in [2.75, 3.05) is 0 Å². The van der Waals surface area contributed by atoms with Crippen molar-refractivity contribution in [3.63, 3.8) is 0 Å². The SMILES string of the molecule is [CH2]C(C)Cc1c(O)cc(O)cc1O. The Bertz CT molecular complexity index is 282. The molecule has 0 spiro atoms. The molecule has 0 aliphatic carbocycles. The Morgan fingerprint density at radius 1 is 1.23 bits per heavy atom. The van der Waals surface area contributed by atoms with Gasteiger partial charge in [0, 0.05) is 17.7 Å². The van der Waals surface area contributed by atoms with Crippen LogP contribution < -0.4 is 0 Å². The average molecular weight is 181 g/mol. The van der Waals surface area contributed by atoms with Gasteiger partial charge in [0.2, 0.25) is 0 Å². The zero-order chi connectivity index (χ0) is 10.0. The van der Waals surface area contributed by atoms with E-state index in [1.165, 1.54) is 12.1 Å². The predicted octanol–water partition coefficient (Wildman–Crippen LogP) is 1.82. The van der Waals surface area contributed by atoms with E-state index in [4.69, 9.17) is 5.11 Å². The first-order valence-corrected chi connectivity index (χ1v) is 4.07. The molecule has 0 heterocycles.